The normalized spacial score (nSPS) is 13.5. The molecule has 0 aromatic carbocycles. The molecule has 0 rings (SSSR count). The van der Waals surface area contributed by atoms with E-state index in [0.29, 0.717) is 0 Å². The first-order valence-electron chi connectivity index (χ1n) is 4.14. The van der Waals surface area contributed by atoms with Crippen molar-refractivity contribution in [1.29, 1.82) is 0 Å². The third kappa shape index (κ3) is 4.66. The molecule has 74 valence electrons. The maximum Gasteiger partial charge on any atom is 0.0843 e. The van der Waals surface area contributed by atoms with E-state index >= 15 is 0 Å². The fraction of sp³-hybridized carbons (Fsp3) is 1.00. The molecular weight excluding hydrogens is 154 g/mol. The molecule has 0 saturated heterocycles. The number of nitrogens with one attached hydrogen (secondary N) is 1. The Balaban J connectivity index is 4.04. The van der Waals surface area contributed by atoms with Gasteiger partial charge in [-0.1, -0.05) is 13.8 Å². The summed E-state index contributed by atoms with van der Waals surface area (Å²) in [5.74, 6) is 10.4. The molecule has 0 unspecified atom stereocenters. The van der Waals surface area contributed by atoms with Crippen LogP contribution in [0.2, 0.25) is 0 Å². The molecule has 5 N–H and O–H groups in total. The van der Waals surface area contributed by atoms with Crippen molar-refractivity contribution in [2.24, 2.45) is 17.2 Å². The van der Waals surface area contributed by atoms with Crippen LogP contribution in [0.1, 0.15) is 34.1 Å². The zero-order chi connectivity index (χ0) is 9.83. The van der Waals surface area contributed by atoms with Gasteiger partial charge in [0, 0.05) is 6.54 Å². The Kier molecular flexibility index (Phi) is 4.13. The molecule has 0 aliphatic heterocycles. The first-order chi connectivity index (χ1) is 5.33. The molecule has 0 bridgehead atoms. The van der Waals surface area contributed by atoms with Gasteiger partial charge in [-0.15, -0.1) is 0 Å². The predicted molar refractivity (Wildman–Crippen MR) is 49.9 cm³/mol. The maximum absolute atomic E-state index is 5.25. The van der Waals surface area contributed by atoms with Crippen molar-refractivity contribution in [1.82, 2.24) is 5.43 Å². The van der Waals surface area contributed by atoms with Crippen molar-refractivity contribution in [3.63, 3.8) is 0 Å². The molecule has 0 spiro atoms. The van der Waals surface area contributed by atoms with Crippen LogP contribution < -0.4 is 17.2 Å². The topological polar surface area (TPSA) is 73.3 Å². The van der Waals surface area contributed by atoms with Crippen LogP contribution in [0, 0.1) is 5.41 Å². The van der Waals surface area contributed by atoms with Crippen molar-refractivity contribution < 1.29 is 4.84 Å². The van der Waals surface area contributed by atoms with Gasteiger partial charge in [-0.2, -0.15) is 0 Å². The number of rotatable bonds is 5. The average Bonchev–Trinajstić information content (AvgIpc) is 1.85. The highest BCUT2D eigenvalue weighted by atomic mass is 16.6. The van der Waals surface area contributed by atoms with Gasteiger partial charge >= 0.3 is 0 Å². The second-order valence-electron chi connectivity index (χ2n) is 4.60. The quantitative estimate of drug-likeness (QED) is 0.421. The lowest BCUT2D eigenvalue weighted by atomic mass is 9.82. The zero-order valence-electron chi connectivity index (χ0n) is 8.48. The third-order valence-corrected chi connectivity index (χ3v) is 1.80. The summed E-state index contributed by atoms with van der Waals surface area (Å²) in [5.41, 5.74) is 2.46. The van der Waals surface area contributed by atoms with Crippen LogP contribution in [0.3, 0.4) is 0 Å². The Hall–Kier alpha value is -0.160. The van der Waals surface area contributed by atoms with Crippen LogP contribution >= 0.6 is 0 Å². The smallest absolute Gasteiger partial charge is 0.0843 e. The molecule has 0 aromatic rings. The van der Waals surface area contributed by atoms with Gasteiger partial charge in [0.2, 0.25) is 0 Å². The van der Waals surface area contributed by atoms with Gasteiger partial charge < -0.3 is 0 Å². The number of hydrazine groups is 1. The number of hydrogen-bond donors (Lipinski definition) is 3. The van der Waals surface area contributed by atoms with Crippen molar-refractivity contribution in [3.05, 3.63) is 0 Å². The van der Waals surface area contributed by atoms with E-state index in [2.05, 4.69) is 19.3 Å². The molecule has 0 aliphatic carbocycles. The van der Waals surface area contributed by atoms with E-state index in [-0.39, 0.29) is 11.0 Å². The average molecular weight is 175 g/mol. The second-order valence-corrected chi connectivity index (χ2v) is 4.60. The van der Waals surface area contributed by atoms with E-state index in [1.807, 2.05) is 13.8 Å². The molecular formula is C8H21N3O. The van der Waals surface area contributed by atoms with Crippen LogP contribution in [0.25, 0.3) is 0 Å². The van der Waals surface area contributed by atoms with E-state index < -0.39 is 0 Å². The van der Waals surface area contributed by atoms with Crippen LogP contribution in [0.5, 0.6) is 0 Å². The summed E-state index contributed by atoms with van der Waals surface area (Å²) in [6.07, 6.45) is 0.862. The highest BCUT2D eigenvalue weighted by Crippen LogP contribution is 2.28. The van der Waals surface area contributed by atoms with Crippen molar-refractivity contribution in [3.8, 4) is 0 Å². The minimum Gasteiger partial charge on any atom is -0.299 e. The van der Waals surface area contributed by atoms with Crippen LogP contribution in [-0.4, -0.2) is 12.1 Å². The second kappa shape index (κ2) is 4.18. The molecule has 4 nitrogen and oxygen atoms in total. The molecule has 0 radical (unpaired) electrons. The summed E-state index contributed by atoms with van der Waals surface area (Å²) in [6, 6.07) is 0. The van der Waals surface area contributed by atoms with Gasteiger partial charge in [0.1, 0.15) is 0 Å². The first-order valence-corrected chi connectivity index (χ1v) is 4.14. The number of hydrogen-bond acceptors (Lipinski definition) is 4. The lowest BCUT2D eigenvalue weighted by molar-refractivity contribution is -0.0477. The Morgan fingerprint density at radius 1 is 1.25 bits per heavy atom. The number of nitrogens with two attached hydrogens (primary N) is 2. The molecule has 0 aromatic heterocycles. The van der Waals surface area contributed by atoms with Crippen LogP contribution in [-0.2, 0) is 4.84 Å². The minimum atomic E-state index is -0.291. The lowest BCUT2D eigenvalue weighted by Gasteiger charge is -2.32. The summed E-state index contributed by atoms with van der Waals surface area (Å²) in [5, 5.41) is 0. The van der Waals surface area contributed by atoms with E-state index in [1.54, 1.807) is 0 Å². The minimum absolute atomic E-state index is 0.0949. The molecule has 0 aliphatic rings. The molecule has 0 fully saturated rings. The molecule has 0 saturated carbocycles. The fourth-order valence-corrected chi connectivity index (χ4v) is 1.53. The Labute approximate surface area is 74.6 Å². The largest absolute Gasteiger partial charge is 0.299 e. The summed E-state index contributed by atoms with van der Waals surface area (Å²) in [6.45, 7) is 8.91. The van der Waals surface area contributed by atoms with E-state index in [9.17, 15) is 0 Å². The Morgan fingerprint density at radius 3 is 2.08 bits per heavy atom. The summed E-state index contributed by atoms with van der Waals surface area (Å²) < 4.78 is 0. The zero-order valence-corrected chi connectivity index (χ0v) is 8.48. The molecule has 0 amide bonds. The van der Waals surface area contributed by atoms with E-state index in [4.69, 9.17) is 16.6 Å². The van der Waals surface area contributed by atoms with Crippen molar-refractivity contribution >= 4 is 0 Å². The first kappa shape index (κ1) is 11.8. The van der Waals surface area contributed by atoms with Gasteiger partial charge in [0.15, 0.2) is 0 Å². The highest BCUT2D eigenvalue weighted by molar-refractivity contribution is 4.80. The van der Waals surface area contributed by atoms with E-state index in [1.165, 1.54) is 0 Å². The Morgan fingerprint density at radius 2 is 1.75 bits per heavy atom. The third-order valence-electron chi connectivity index (χ3n) is 1.80. The fourth-order valence-electron chi connectivity index (χ4n) is 1.53. The van der Waals surface area contributed by atoms with Crippen molar-refractivity contribution in [2.75, 3.05) is 6.54 Å². The Bertz CT molecular complexity index is 134. The molecule has 0 heterocycles. The van der Waals surface area contributed by atoms with Gasteiger partial charge in [0.25, 0.3) is 0 Å². The lowest BCUT2D eigenvalue weighted by Crippen LogP contribution is -2.40. The summed E-state index contributed by atoms with van der Waals surface area (Å²) in [7, 11) is 0. The van der Waals surface area contributed by atoms with E-state index in [0.717, 1.165) is 13.0 Å². The maximum atomic E-state index is 5.25. The van der Waals surface area contributed by atoms with Gasteiger partial charge in [-0.3, -0.25) is 16.1 Å². The SMILES string of the molecule is CC(C)(CNN)CC(C)(C)ON. The van der Waals surface area contributed by atoms with Crippen LogP contribution in [0.15, 0.2) is 0 Å². The van der Waals surface area contributed by atoms with Gasteiger partial charge in [-0.25, -0.2) is 5.90 Å². The van der Waals surface area contributed by atoms with Gasteiger partial charge in [0.05, 0.1) is 5.60 Å². The predicted octanol–water partition coefficient (Wildman–Crippen LogP) is 0.535. The molecule has 4 heteroatoms. The molecule has 0 atom stereocenters. The van der Waals surface area contributed by atoms with Crippen LogP contribution in [0.4, 0.5) is 0 Å². The summed E-state index contributed by atoms with van der Waals surface area (Å²) in [4.78, 5) is 4.85. The standard InChI is InChI=1S/C8H21N3O/c1-7(2,6-11-9)5-8(3,4)12-10/h11H,5-6,9-10H2,1-4H3. The highest BCUT2D eigenvalue weighted by Gasteiger charge is 2.28. The van der Waals surface area contributed by atoms with Gasteiger partial charge in [-0.05, 0) is 25.7 Å². The summed E-state index contributed by atoms with van der Waals surface area (Å²) >= 11 is 0. The van der Waals surface area contributed by atoms with Crippen molar-refractivity contribution in [2.45, 2.75) is 39.7 Å². The molecule has 12 heavy (non-hydrogen) atoms. The monoisotopic (exact) mass is 175 g/mol.